The van der Waals surface area contributed by atoms with E-state index in [2.05, 4.69) is 5.32 Å². The van der Waals surface area contributed by atoms with E-state index in [9.17, 15) is 9.59 Å². The van der Waals surface area contributed by atoms with Gasteiger partial charge in [0.25, 0.3) is 5.91 Å². The third-order valence-electron chi connectivity index (χ3n) is 3.68. The van der Waals surface area contributed by atoms with Crippen molar-refractivity contribution in [3.05, 3.63) is 72.3 Å². The average molecular weight is 334 g/mol. The second kappa shape index (κ2) is 7.49. The summed E-state index contributed by atoms with van der Waals surface area (Å²) >= 11 is 0. The van der Waals surface area contributed by atoms with E-state index in [0.717, 1.165) is 16.3 Å². The zero-order chi connectivity index (χ0) is 17.6. The molecule has 0 aromatic heterocycles. The summed E-state index contributed by atoms with van der Waals surface area (Å²) in [6, 6.07) is 20.9. The topological polar surface area (TPSA) is 81.4 Å². The summed E-state index contributed by atoms with van der Waals surface area (Å²) in [6.07, 6.45) is 0.275. The molecule has 5 heteroatoms. The molecule has 0 atom stereocenters. The number of hydrogen-bond acceptors (Lipinski definition) is 3. The molecule has 0 aliphatic carbocycles. The standard InChI is InChI=1S/C20H18N2O3/c21-19(23)13-25-18-7-3-6-17(12-18)22-20(24)11-14-8-9-15-4-1-2-5-16(15)10-14/h1-10,12H,11,13H2,(H2,21,23)(H,22,24). The Bertz CT molecular complexity index is 921. The lowest BCUT2D eigenvalue weighted by molar-refractivity contribution is -0.120. The number of carbonyl (C=O) groups is 2. The number of benzene rings is 3. The first-order chi connectivity index (χ1) is 12.1. The van der Waals surface area contributed by atoms with E-state index < -0.39 is 5.91 Å². The van der Waals surface area contributed by atoms with Gasteiger partial charge in [-0.05, 0) is 28.5 Å². The van der Waals surface area contributed by atoms with Crippen LogP contribution >= 0.6 is 0 Å². The Morgan fingerprint density at radius 3 is 2.52 bits per heavy atom. The predicted octanol–water partition coefficient (Wildman–Crippen LogP) is 2.89. The summed E-state index contributed by atoms with van der Waals surface area (Å²) in [5.41, 5.74) is 6.60. The van der Waals surface area contributed by atoms with E-state index in [-0.39, 0.29) is 18.9 Å². The van der Waals surface area contributed by atoms with Crippen LogP contribution in [0.1, 0.15) is 5.56 Å². The van der Waals surface area contributed by atoms with Crippen LogP contribution < -0.4 is 15.8 Å². The SMILES string of the molecule is NC(=O)COc1cccc(NC(=O)Cc2ccc3ccccc3c2)c1. The van der Waals surface area contributed by atoms with E-state index in [1.165, 1.54) is 0 Å². The molecule has 0 aliphatic heterocycles. The van der Waals surface area contributed by atoms with Crippen molar-refractivity contribution in [1.82, 2.24) is 0 Å². The molecule has 0 saturated heterocycles. The first-order valence-electron chi connectivity index (χ1n) is 7.89. The van der Waals surface area contributed by atoms with Crippen molar-refractivity contribution >= 4 is 28.3 Å². The highest BCUT2D eigenvalue weighted by molar-refractivity contribution is 5.93. The van der Waals surface area contributed by atoms with Gasteiger partial charge in [-0.25, -0.2) is 0 Å². The van der Waals surface area contributed by atoms with Crippen molar-refractivity contribution in [3.8, 4) is 5.75 Å². The number of rotatable bonds is 6. The van der Waals surface area contributed by atoms with E-state index >= 15 is 0 Å². The summed E-state index contributed by atoms with van der Waals surface area (Å²) in [5, 5.41) is 5.08. The molecule has 2 amide bonds. The maximum atomic E-state index is 12.3. The zero-order valence-electron chi connectivity index (χ0n) is 13.6. The maximum absolute atomic E-state index is 12.3. The number of ether oxygens (including phenoxy) is 1. The second-order valence-corrected chi connectivity index (χ2v) is 5.69. The van der Waals surface area contributed by atoms with Crippen molar-refractivity contribution in [3.63, 3.8) is 0 Å². The van der Waals surface area contributed by atoms with Gasteiger partial charge < -0.3 is 15.8 Å². The molecule has 3 aromatic carbocycles. The predicted molar refractivity (Wildman–Crippen MR) is 97.4 cm³/mol. The molecule has 5 nitrogen and oxygen atoms in total. The fourth-order valence-electron chi connectivity index (χ4n) is 2.56. The lowest BCUT2D eigenvalue weighted by Crippen LogP contribution is -2.20. The van der Waals surface area contributed by atoms with Crippen molar-refractivity contribution in [2.75, 3.05) is 11.9 Å². The summed E-state index contributed by atoms with van der Waals surface area (Å²) in [4.78, 5) is 23.0. The minimum Gasteiger partial charge on any atom is -0.484 e. The van der Waals surface area contributed by atoms with Gasteiger partial charge >= 0.3 is 0 Å². The highest BCUT2D eigenvalue weighted by Crippen LogP contribution is 2.19. The number of hydrogen-bond donors (Lipinski definition) is 2. The van der Waals surface area contributed by atoms with E-state index in [4.69, 9.17) is 10.5 Å². The number of nitrogens with two attached hydrogens (primary N) is 1. The van der Waals surface area contributed by atoms with Gasteiger partial charge in [-0.15, -0.1) is 0 Å². The summed E-state index contributed by atoms with van der Waals surface area (Å²) in [6.45, 7) is -0.200. The summed E-state index contributed by atoms with van der Waals surface area (Å²) in [5.74, 6) is -0.199. The molecule has 0 radical (unpaired) electrons. The molecule has 0 spiro atoms. The van der Waals surface area contributed by atoms with Crippen LogP contribution in [0.15, 0.2) is 66.7 Å². The van der Waals surface area contributed by atoms with Gasteiger partial charge in [0.15, 0.2) is 6.61 Å². The molecular weight excluding hydrogens is 316 g/mol. The third-order valence-corrected chi connectivity index (χ3v) is 3.68. The van der Waals surface area contributed by atoms with Gasteiger partial charge in [-0.2, -0.15) is 0 Å². The fraction of sp³-hybridized carbons (Fsp3) is 0.100. The first-order valence-corrected chi connectivity index (χ1v) is 7.89. The molecule has 3 aromatic rings. The number of fused-ring (bicyclic) bond motifs is 1. The quantitative estimate of drug-likeness (QED) is 0.727. The highest BCUT2D eigenvalue weighted by atomic mass is 16.5. The summed E-state index contributed by atoms with van der Waals surface area (Å²) in [7, 11) is 0. The lowest BCUT2D eigenvalue weighted by Gasteiger charge is -2.09. The smallest absolute Gasteiger partial charge is 0.255 e. The van der Waals surface area contributed by atoms with Crippen molar-refractivity contribution < 1.29 is 14.3 Å². The van der Waals surface area contributed by atoms with Gasteiger partial charge in [0, 0.05) is 11.8 Å². The molecule has 3 N–H and O–H groups in total. The van der Waals surface area contributed by atoms with Crippen molar-refractivity contribution in [1.29, 1.82) is 0 Å². The number of nitrogens with one attached hydrogen (secondary N) is 1. The molecule has 0 unspecified atom stereocenters. The lowest BCUT2D eigenvalue weighted by atomic mass is 10.0. The van der Waals surface area contributed by atoms with Crippen LogP contribution in [0.3, 0.4) is 0 Å². The van der Waals surface area contributed by atoms with E-state index in [1.54, 1.807) is 24.3 Å². The monoisotopic (exact) mass is 334 g/mol. The Kier molecular flexibility index (Phi) is 4.95. The largest absolute Gasteiger partial charge is 0.484 e. The van der Waals surface area contributed by atoms with Crippen LogP contribution in [0.4, 0.5) is 5.69 Å². The maximum Gasteiger partial charge on any atom is 0.255 e. The minimum atomic E-state index is -0.550. The molecular formula is C20H18N2O3. The van der Waals surface area contributed by atoms with Crippen molar-refractivity contribution in [2.24, 2.45) is 5.73 Å². The summed E-state index contributed by atoms with van der Waals surface area (Å²) < 4.78 is 5.23. The van der Waals surface area contributed by atoms with Crippen LogP contribution in [0.2, 0.25) is 0 Å². The molecule has 3 rings (SSSR count). The number of amides is 2. The number of anilines is 1. The first kappa shape index (κ1) is 16.5. The molecule has 0 heterocycles. The molecule has 126 valence electrons. The van der Waals surface area contributed by atoms with Crippen molar-refractivity contribution in [2.45, 2.75) is 6.42 Å². The number of carbonyl (C=O) groups excluding carboxylic acids is 2. The second-order valence-electron chi connectivity index (χ2n) is 5.69. The minimum absolute atomic E-state index is 0.123. The van der Waals surface area contributed by atoms with E-state index in [1.807, 2.05) is 42.5 Å². The van der Waals surface area contributed by atoms with Gasteiger partial charge in [-0.3, -0.25) is 9.59 Å². The van der Waals surface area contributed by atoms with Gasteiger partial charge in [0.05, 0.1) is 6.42 Å². The normalized spacial score (nSPS) is 10.4. The Balaban J connectivity index is 1.65. The van der Waals surface area contributed by atoms with Crippen LogP contribution in [0.5, 0.6) is 5.75 Å². The van der Waals surface area contributed by atoms with Crippen LogP contribution in [-0.4, -0.2) is 18.4 Å². The van der Waals surface area contributed by atoms with Crippen LogP contribution in [0, 0.1) is 0 Å². The van der Waals surface area contributed by atoms with Gasteiger partial charge in [0.1, 0.15) is 5.75 Å². The van der Waals surface area contributed by atoms with E-state index in [0.29, 0.717) is 11.4 Å². The average Bonchev–Trinajstić information content (AvgIpc) is 2.60. The van der Waals surface area contributed by atoms with Crippen LogP contribution in [-0.2, 0) is 16.0 Å². The van der Waals surface area contributed by atoms with Gasteiger partial charge in [-0.1, -0.05) is 48.5 Å². The Morgan fingerprint density at radius 2 is 1.72 bits per heavy atom. The zero-order valence-corrected chi connectivity index (χ0v) is 13.6. The van der Waals surface area contributed by atoms with Crippen LogP contribution in [0.25, 0.3) is 10.8 Å². The molecule has 0 saturated carbocycles. The number of primary amides is 1. The molecule has 0 bridgehead atoms. The van der Waals surface area contributed by atoms with Gasteiger partial charge in [0.2, 0.25) is 5.91 Å². The highest BCUT2D eigenvalue weighted by Gasteiger charge is 2.06. The molecule has 0 fully saturated rings. The Morgan fingerprint density at radius 1 is 0.920 bits per heavy atom. The Hall–Kier alpha value is -3.34. The molecule has 25 heavy (non-hydrogen) atoms. The third kappa shape index (κ3) is 4.57. The Labute approximate surface area is 145 Å². The molecule has 0 aliphatic rings. The fourth-order valence-corrected chi connectivity index (χ4v) is 2.56.